The van der Waals surface area contributed by atoms with E-state index in [2.05, 4.69) is 12.2 Å². The maximum Gasteiger partial charge on any atom is 0.242 e. The van der Waals surface area contributed by atoms with Crippen LogP contribution in [0.15, 0.2) is 53.4 Å². The van der Waals surface area contributed by atoms with Crippen LogP contribution in [0.4, 0.5) is 0 Å². The Morgan fingerprint density at radius 1 is 1.03 bits per heavy atom. The number of nitrogens with one attached hydrogen (secondary N) is 1. The number of hydrogen-bond donors (Lipinski definition) is 1. The van der Waals surface area contributed by atoms with Gasteiger partial charge in [0.05, 0.1) is 0 Å². The van der Waals surface area contributed by atoms with E-state index in [1.54, 1.807) is 34.9 Å². The third kappa shape index (κ3) is 8.06. The lowest BCUT2D eigenvalue weighted by atomic mass is 10.1. The Hall–Kier alpha value is -1.69. The lowest BCUT2D eigenvalue weighted by Gasteiger charge is -2.31. The molecule has 1 N–H and O–H groups in total. The van der Waals surface area contributed by atoms with Crippen molar-refractivity contribution < 1.29 is 9.59 Å². The molecule has 0 saturated heterocycles. The number of halogens is 2. The summed E-state index contributed by atoms with van der Waals surface area (Å²) in [6.07, 6.45) is 2.73. The Balaban J connectivity index is 2.16. The van der Waals surface area contributed by atoms with Gasteiger partial charge in [-0.15, -0.1) is 11.8 Å². The van der Waals surface area contributed by atoms with Crippen LogP contribution in [0.25, 0.3) is 0 Å². The van der Waals surface area contributed by atoms with E-state index in [0.29, 0.717) is 40.7 Å². The van der Waals surface area contributed by atoms with Gasteiger partial charge in [0.25, 0.3) is 0 Å². The van der Waals surface area contributed by atoms with Gasteiger partial charge in [0.2, 0.25) is 11.8 Å². The Morgan fingerprint density at radius 2 is 1.71 bits per heavy atom. The van der Waals surface area contributed by atoms with Gasteiger partial charge in [0.15, 0.2) is 0 Å². The van der Waals surface area contributed by atoms with Gasteiger partial charge in [0.1, 0.15) is 6.04 Å². The van der Waals surface area contributed by atoms with Crippen LogP contribution >= 0.6 is 35.0 Å². The number of benzene rings is 2. The zero-order chi connectivity index (χ0) is 22.6. The number of hydrogen-bond acceptors (Lipinski definition) is 3. The monoisotopic (exact) mass is 480 g/mol. The predicted octanol–water partition coefficient (Wildman–Crippen LogP) is 6.20. The predicted molar refractivity (Wildman–Crippen MR) is 131 cm³/mol. The molecule has 7 heteroatoms. The third-order valence-electron chi connectivity index (χ3n) is 4.93. The maximum absolute atomic E-state index is 13.2. The van der Waals surface area contributed by atoms with Gasteiger partial charge in [-0.1, -0.05) is 67.7 Å². The van der Waals surface area contributed by atoms with Crippen molar-refractivity contribution in [3.8, 4) is 0 Å². The van der Waals surface area contributed by atoms with Crippen LogP contribution in [0.1, 0.15) is 45.1 Å². The highest BCUT2D eigenvalue weighted by molar-refractivity contribution is 7.99. The van der Waals surface area contributed by atoms with Crippen molar-refractivity contribution in [2.75, 3.05) is 12.3 Å². The van der Waals surface area contributed by atoms with Crippen molar-refractivity contribution >= 4 is 46.8 Å². The SMILES string of the molecule is CCCCNC(=O)[C@@H](CC)N(Cc1c(Cl)cccc1Cl)C(=O)CCSc1ccccc1. The van der Waals surface area contributed by atoms with E-state index < -0.39 is 6.04 Å². The van der Waals surface area contributed by atoms with E-state index in [0.717, 1.165) is 17.7 Å². The first kappa shape index (κ1) is 25.6. The summed E-state index contributed by atoms with van der Waals surface area (Å²) in [5.74, 6) is 0.406. The second-order valence-corrected chi connectivity index (χ2v) is 9.18. The molecule has 2 aromatic rings. The standard InChI is InChI=1S/C24H30Cl2N2O2S/c1-3-5-15-27-24(30)22(4-2)28(17-19-20(25)12-9-13-21(19)26)23(29)14-16-31-18-10-7-6-8-11-18/h6-13,22H,3-5,14-17H2,1-2H3,(H,27,30)/t22-/m1/s1. The number of thioether (sulfide) groups is 1. The fraction of sp³-hybridized carbons (Fsp3) is 0.417. The third-order valence-corrected chi connectivity index (χ3v) is 6.66. The average molecular weight is 481 g/mol. The fourth-order valence-corrected chi connectivity index (χ4v) is 4.57. The van der Waals surface area contributed by atoms with E-state index in [1.807, 2.05) is 37.3 Å². The molecule has 31 heavy (non-hydrogen) atoms. The first-order valence-corrected chi connectivity index (χ1v) is 12.4. The van der Waals surface area contributed by atoms with E-state index >= 15 is 0 Å². The van der Waals surface area contributed by atoms with Crippen LogP contribution in [-0.4, -0.2) is 35.1 Å². The molecule has 168 valence electrons. The molecule has 0 aliphatic heterocycles. The number of carbonyl (C=O) groups is 2. The van der Waals surface area contributed by atoms with E-state index in [1.165, 1.54) is 0 Å². The number of rotatable bonds is 12. The molecule has 0 aromatic heterocycles. The average Bonchev–Trinajstić information content (AvgIpc) is 2.76. The van der Waals surface area contributed by atoms with Crippen molar-refractivity contribution in [3.05, 3.63) is 64.1 Å². The lowest BCUT2D eigenvalue weighted by molar-refractivity contribution is -0.141. The summed E-state index contributed by atoms with van der Waals surface area (Å²) in [6.45, 7) is 4.79. The molecule has 0 aliphatic rings. The second kappa shape index (κ2) is 13.7. The van der Waals surface area contributed by atoms with Gasteiger partial charge in [-0.05, 0) is 37.1 Å². The van der Waals surface area contributed by atoms with Gasteiger partial charge in [-0.25, -0.2) is 0 Å². The van der Waals surface area contributed by atoms with Gasteiger partial charge in [0, 0.05) is 45.8 Å². The maximum atomic E-state index is 13.2. The zero-order valence-electron chi connectivity index (χ0n) is 18.1. The normalized spacial score (nSPS) is 11.7. The topological polar surface area (TPSA) is 49.4 Å². The van der Waals surface area contributed by atoms with Gasteiger partial charge < -0.3 is 10.2 Å². The summed E-state index contributed by atoms with van der Waals surface area (Å²) in [5.41, 5.74) is 0.662. The van der Waals surface area contributed by atoms with E-state index in [4.69, 9.17) is 23.2 Å². The first-order valence-electron chi connectivity index (χ1n) is 10.7. The smallest absolute Gasteiger partial charge is 0.242 e. The highest BCUT2D eigenvalue weighted by Gasteiger charge is 2.29. The number of carbonyl (C=O) groups excluding carboxylic acids is 2. The van der Waals surface area contributed by atoms with Crippen molar-refractivity contribution in [1.82, 2.24) is 10.2 Å². The minimum absolute atomic E-state index is 0.0862. The van der Waals surface area contributed by atoms with Crippen LogP contribution in [0.2, 0.25) is 10.0 Å². The van der Waals surface area contributed by atoms with E-state index in [-0.39, 0.29) is 18.4 Å². The summed E-state index contributed by atoms with van der Waals surface area (Å²) in [7, 11) is 0. The minimum Gasteiger partial charge on any atom is -0.354 e. The Kier molecular flexibility index (Phi) is 11.3. The van der Waals surface area contributed by atoms with E-state index in [9.17, 15) is 9.59 Å². The van der Waals surface area contributed by atoms with Crippen molar-refractivity contribution in [2.24, 2.45) is 0 Å². The first-order chi connectivity index (χ1) is 15.0. The van der Waals surface area contributed by atoms with Crippen molar-refractivity contribution in [1.29, 1.82) is 0 Å². The Labute approximate surface area is 199 Å². The van der Waals surface area contributed by atoms with Crippen LogP contribution in [-0.2, 0) is 16.1 Å². The molecular formula is C24H30Cl2N2O2S. The molecule has 2 amide bonds. The summed E-state index contributed by atoms with van der Waals surface area (Å²) < 4.78 is 0. The van der Waals surface area contributed by atoms with Gasteiger partial charge >= 0.3 is 0 Å². The fourth-order valence-electron chi connectivity index (χ4n) is 3.20. The molecule has 0 fully saturated rings. The quantitative estimate of drug-likeness (QED) is 0.290. The molecule has 4 nitrogen and oxygen atoms in total. The van der Waals surface area contributed by atoms with Crippen LogP contribution in [0, 0.1) is 0 Å². The zero-order valence-corrected chi connectivity index (χ0v) is 20.4. The Bertz CT molecular complexity index is 828. The van der Waals surface area contributed by atoms with Gasteiger partial charge in [-0.2, -0.15) is 0 Å². The molecule has 2 rings (SSSR count). The molecule has 0 unspecified atom stereocenters. The molecule has 0 aliphatic carbocycles. The van der Waals surface area contributed by atoms with Crippen molar-refractivity contribution in [2.45, 2.75) is 57.0 Å². The number of unbranched alkanes of at least 4 members (excludes halogenated alkanes) is 1. The summed E-state index contributed by atoms with van der Waals surface area (Å²) in [6, 6.07) is 14.7. The largest absolute Gasteiger partial charge is 0.354 e. The molecule has 0 spiro atoms. The summed E-state index contributed by atoms with van der Waals surface area (Å²) in [5, 5.41) is 3.94. The molecule has 2 aromatic carbocycles. The highest BCUT2D eigenvalue weighted by Crippen LogP contribution is 2.27. The van der Waals surface area contributed by atoms with Gasteiger partial charge in [-0.3, -0.25) is 9.59 Å². The van der Waals surface area contributed by atoms with Crippen LogP contribution < -0.4 is 5.32 Å². The molecule has 0 saturated carbocycles. The Morgan fingerprint density at radius 3 is 2.32 bits per heavy atom. The summed E-state index contributed by atoms with van der Waals surface area (Å²) in [4.78, 5) is 28.9. The van der Waals surface area contributed by atoms with Crippen LogP contribution in [0.5, 0.6) is 0 Å². The number of nitrogens with zero attached hydrogens (tertiary/aromatic N) is 1. The summed E-state index contributed by atoms with van der Waals surface area (Å²) >= 11 is 14.4. The minimum atomic E-state index is -0.571. The molecule has 0 radical (unpaired) electrons. The highest BCUT2D eigenvalue weighted by atomic mass is 35.5. The molecule has 0 heterocycles. The van der Waals surface area contributed by atoms with Crippen molar-refractivity contribution in [3.63, 3.8) is 0 Å². The molecular weight excluding hydrogens is 451 g/mol. The molecule has 1 atom stereocenters. The second-order valence-electron chi connectivity index (χ2n) is 7.20. The lowest BCUT2D eigenvalue weighted by Crippen LogP contribution is -2.49. The van der Waals surface area contributed by atoms with Crippen LogP contribution in [0.3, 0.4) is 0 Å². The number of amides is 2. The molecule has 0 bridgehead atoms.